The van der Waals surface area contributed by atoms with E-state index in [0.29, 0.717) is 18.3 Å². The molecule has 106 valence electrons. The third-order valence-electron chi connectivity index (χ3n) is 2.94. The molecule has 0 aliphatic heterocycles. The van der Waals surface area contributed by atoms with Crippen LogP contribution >= 0.6 is 11.8 Å². The summed E-state index contributed by atoms with van der Waals surface area (Å²) in [6.45, 7) is 4.16. The van der Waals surface area contributed by atoms with E-state index >= 15 is 0 Å². The molecule has 7 heteroatoms. The van der Waals surface area contributed by atoms with Crippen LogP contribution in [0.1, 0.15) is 25.6 Å². The summed E-state index contributed by atoms with van der Waals surface area (Å²) in [5.41, 5.74) is 0. The fraction of sp³-hybridized carbons (Fsp3) is 0.750. The van der Waals surface area contributed by atoms with Gasteiger partial charge in [-0.25, -0.2) is 0 Å². The van der Waals surface area contributed by atoms with Crippen molar-refractivity contribution in [2.45, 2.75) is 37.9 Å². The minimum atomic E-state index is -0.845. The van der Waals surface area contributed by atoms with Crippen LogP contribution in [0.3, 0.4) is 0 Å². The number of aliphatic carboxylic acids is 1. The van der Waals surface area contributed by atoms with E-state index in [9.17, 15) is 4.79 Å². The van der Waals surface area contributed by atoms with Gasteiger partial charge in [-0.3, -0.25) is 4.79 Å². The second-order valence-electron chi connectivity index (χ2n) is 4.60. The lowest BCUT2D eigenvalue weighted by Crippen LogP contribution is -2.12. The van der Waals surface area contributed by atoms with E-state index in [2.05, 4.69) is 10.2 Å². The van der Waals surface area contributed by atoms with Crippen LogP contribution in [0.2, 0.25) is 0 Å². The molecule has 0 radical (unpaired) electrons. The lowest BCUT2D eigenvalue weighted by molar-refractivity contribution is -0.133. The van der Waals surface area contributed by atoms with Crippen molar-refractivity contribution in [1.82, 2.24) is 14.8 Å². The Morgan fingerprint density at radius 2 is 2.32 bits per heavy atom. The van der Waals surface area contributed by atoms with Crippen molar-refractivity contribution in [3.63, 3.8) is 0 Å². The maximum absolute atomic E-state index is 10.6. The van der Waals surface area contributed by atoms with E-state index in [1.807, 2.05) is 11.5 Å². The van der Waals surface area contributed by atoms with Gasteiger partial charge >= 0.3 is 5.97 Å². The molecule has 19 heavy (non-hydrogen) atoms. The number of nitrogens with zero attached hydrogens (tertiary/aromatic N) is 3. The zero-order chi connectivity index (χ0) is 13.7. The van der Waals surface area contributed by atoms with Crippen LogP contribution in [0.4, 0.5) is 0 Å². The van der Waals surface area contributed by atoms with Gasteiger partial charge in [0, 0.05) is 19.6 Å². The summed E-state index contributed by atoms with van der Waals surface area (Å²) in [5.74, 6) is 0.794. The number of hydrogen-bond acceptors (Lipinski definition) is 5. The number of thioether (sulfide) groups is 1. The third kappa shape index (κ3) is 4.50. The Bertz CT molecular complexity index is 432. The van der Waals surface area contributed by atoms with Crippen LogP contribution in [0.15, 0.2) is 5.16 Å². The van der Waals surface area contributed by atoms with Gasteiger partial charge in [0.25, 0.3) is 0 Å². The van der Waals surface area contributed by atoms with Crippen LogP contribution in [0, 0.1) is 5.92 Å². The van der Waals surface area contributed by atoms with E-state index in [1.54, 1.807) is 0 Å². The topological polar surface area (TPSA) is 77.2 Å². The first-order valence-corrected chi connectivity index (χ1v) is 7.53. The molecule has 1 aliphatic rings. The van der Waals surface area contributed by atoms with Crippen molar-refractivity contribution in [1.29, 1.82) is 0 Å². The van der Waals surface area contributed by atoms with Crippen molar-refractivity contribution in [2.75, 3.05) is 19.0 Å². The minimum Gasteiger partial charge on any atom is -0.481 e. The second-order valence-corrected chi connectivity index (χ2v) is 5.55. The summed E-state index contributed by atoms with van der Waals surface area (Å²) in [7, 11) is 0. The highest BCUT2D eigenvalue weighted by molar-refractivity contribution is 7.99. The van der Waals surface area contributed by atoms with Gasteiger partial charge in [0.05, 0.1) is 12.4 Å². The molecule has 1 fully saturated rings. The van der Waals surface area contributed by atoms with Gasteiger partial charge in [0.15, 0.2) is 5.16 Å². The summed E-state index contributed by atoms with van der Waals surface area (Å²) in [5, 5.41) is 17.5. The number of hydrogen-bond donors (Lipinski definition) is 1. The molecule has 0 saturated heterocycles. The first-order chi connectivity index (χ1) is 9.20. The zero-order valence-corrected chi connectivity index (χ0v) is 11.9. The SMILES string of the molecule is CCc1nnc(SCC(=O)O)n1CCOCC1CC1. The number of carboxylic acid groups (broad SMARTS) is 1. The smallest absolute Gasteiger partial charge is 0.313 e. The van der Waals surface area contributed by atoms with E-state index < -0.39 is 5.97 Å². The van der Waals surface area contributed by atoms with E-state index in [4.69, 9.17) is 9.84 Å². The predicted molar refractivity (Wildman–Crippen MR) is 71.3 cm³/mol. The van der Waals surface area contributed by atoms with Crippen LogP contribution in [-0.4, -0.2) is 44.8 Å². The van der Waals surface area contributed by atoms with Gasteiger partial charge in [-0.15, -0.1) is 10.2 Å². The first-order valence-electron chi connectivity index (χ1n) is 6.55. The summed E-state index contributed by atoms with van der Waals surface area (Å²) in [6.07, 6.45) is 3.35. The molecule has 0 atom stereocenters. The number of aromatic nitrogens is 3. The van der Waals surface area contributed by atoms with Crippen LogP contribution < -0.4 is 0 Å². The van der Waals surface area contributed by atoms with Crippen molar-refractivity contribution in [3.05, 3.63) is 5.82 Å². The van der Waals surface area contributed by atoms with Gasteiger partial charge in [0.2, 0.25) is 0 Å². The Morgan fingerprint density at radius 1 is 1.53 bits per heavy atom. The van der Waals surface area contributed by atoms with Gasteiger partial charge < -0.3 is 14.4 Å². The number of rotatable bonds is 9. The molecule has 1 aromatic heterocycles. The average Bonchev–Trinajstić information content (AvgIpc) is 3.12. The normalized spacial score (nSPS) is 14.8. The maximum atomic E-state index is 10.6. The number of carboxylic acids is 1. The Labute approximate surface area is 116 Å². The highest BCUT2D eigenvalue weighted by Crippen LogP contribution is 2.28. The molecule has 1 heterocycles. The summed E-state index contributed by atoms with van der Waals surface area (Å²) in [4.78, 5) is 10.6. The molecule has 0 unspecified atom stereocenters. The van der Waals surface area contributed by atoms with Crippen molar-refractivity contribution >= 4 is 17.7 Å². The molecule has 2 rings (SSSR count). The predicted octanol–water partition coefficient (Wildman–Crippen LogP) is 1.44. The maximum Gasteiger partial charge on any atom is 0.313 e. The lowest BCUT2D eigenvalue weighted by Gasteiger charge is -2.09. The van der Waals surface area contributed by atoms with Crippen LogP contribution in [0.5, 0.6) is 0 Å². The number of carbonyl (C=O) groups is 1. The molecule has 1 aliphatic carbocycles. The number of ether oxygens (including phenoxy) is 1. The molecular weight excluding hydrogens is 266 g/mol. The van der Waals surface area contributed by atoms with E-state index in [1.165, 1.54) is 24.6 Å². The summed E-state index contributed by atoms with van der Waals surface area (Å²) >= 11 is 1.20. The molecule has 1 aromatic rings. The lowest BCUT2D eigenvalue weighted by atomic mass is 10.4. The largest absolute Gasteiger partial charge is 0.481 e. The summed E-state index contributed by atoms with van der Waals surface area (Å²) in [6, 6.07) is 0. The van der Waals surface area contributed by atoms with Gasteiger partial charge in [-0.05, 0) is 18.8 Å². The second kappa shape index (κ2) is 6.91. The minimum absolute atomic E-state index is 0.00474. The van der Waals surface area contributed by atoms with Crippen molar-refractivity contribution in [3.8, 4) is 0 Å². The van der Waals surface area contributed by atoms with Gasteiger partial charge in [0.1, 0.15) is 5.82 Å². The molecule has 0 aromatic carbocycles. The molecule has 0 amide bonds. The molecule has 0 spiro atoms. The zero-order valence-electron chi connectivity index (χ0n) is 11.0. The molecule has 0 bridgehead atoms. The van der Waals surface area contributed by atoms with Crippen molar-refractivity contribution in [2.24, 2.45) is 5.92 Å². The number of aryl methyl sites for hydroxylation is 1. The van der Waals surface area contributed by atoms with Gasteiger partial charge in [-0.2, -0.15) is 0 Å². The fourth-order valence-corrected chi connectivity index (χ4v) is 2.43. The van der Waals surface area contributed by atoms with Crippen LogP contribution in [-0.2, 0) is 22.5 Å². The molecular formula is C12H19N3O3S. The third-order valence-corrected chi connectivity index (χ3v) is 3.90. The fourth-order valence-electron chi connectivity index (χ4n) is 1.73. The quantitative estimate of drug-likeness (QED) is 0.546. The molecule has 1 saturated carbocycles. The van der Waals surface area contributed by atoms with Crippen LogP contribution in [0.25, 0.3) is 0 Å². The monoisotopic (exact) mass is 285 g/mol. The van der Waals surface area contributed by atoms with E-state index in [0.717, 1.165) is 24.8 Å². The summed E-state index contributed by atoms with van der Waals surface area (Å²) < 4.78 is 7.57. The standard InChI is InChI=1S/C12H19N3O3S/c1-2-10-13-14-12(19-8-11(16)17)15(10)5-6-18-7-9-3-4-9/h9H,2-8H2,1H3,(H,16,17). The first kappa shape index (κ1) is 14.3. The highest BCUT2D eigenvalue weighted by Gasteiger charge is 2.21. The Kier molecular flexibility index (Phi) is 5.21. The Morgan fingerprint density at radius 3 is 2.95 bits per heavy atom. The Hall–Kier alpha value is -1.08. The van der Waals surface area contributed by atoms with Gasteiger partial charge in [-0.1, -0.05) is 18.7 Å². The highest BCUT2D eigenvalue weighted by atomic mass is 32.2. The Balaban J connectivity index is 1.86. The average molecular weight is 285 g/mol. The van der Waals surface area contributed by atoms with Crippen molar-refractivity contribution < 1.29 is 14.6 Å². The van der Waals surface area contributed by atoms with E-state index in [-0.39, 0.29) is 5.75 Å². The molecule has 1 N–H and O–H groups in total. The molecule has 6 nitrogen and oxygen atoms in total.